The summed E-state index contributed by atoms with van der Waals surface area (Å²) in [6, 6.07) is 3.65. The van der Waals surface area contributed by atoms with E-state index in [4.69, 9.17) is 11.0 Å². The number of hydrogen-bond donors (Lipinski definition) is 1. The van der Waals surface area contributed by atoms with Crippen molar-refractivity contribution in [3.8, 4) is 6.07 Å². The van der Waals surface area contributed by atoms with Crippen LogP contribution in [0.25, 0.3) is 0 Å². The Labute approximate surface area is 105 Å². The normalized spacial score (nSPS) is 10.1. The molecule has 0 spiro atoms. The molecule has 0 saturated carbocycles. The lowest BCUT2D eigenvalue weighted by atomic mass is 10.2. The summed E-state index contributed by atoms with van der Waals surface area (Å²) in [5, 5.41) is 8.93. The molecule has 2 aromatic rings. The van der Waals surface area contributed by atoms with Crippen LogP contribution in [-0.2, 0) is 13.6 Å². The second-order valence-electron chi connectivity index (χ2n) is 4.02. The largest absolute Gasteiger partial charge is 0.395 e. The van der Waals surface area contributed by atoms with Gasteiger partial charge in [0.25, 0.3) is 0 Å². The van der Waals surface area contributed by atoms with E-state index in [1.165, 1.54) is 0 Å². The Morgan fingerprint density at radius 2 is 2.22 bits per heavy atom. The highest BCUT2D eigenvalue weighted by molar-refractivity contribution is 5.69. The molecule has 6 heteroatoms. The highest BCUT2D eigenvalue weighted by Gasteiger charge is 2.12. The van der Waals surface area contributed by atoms with Crippen LogP contribution in [0, 0.1) is 11.3 Å². The van der Waals surface area contributed by atoms with Gasteiger partial charge in [-0.15, -0.1) is 0 Å². The summed E-state index contributed by atoms with van der Waals surface area (Å²) in [7, 11) is 3.80. The second-order valence-corrected chi connectivity index (χ2v) is 4.02. The van der Waals surface area contributed by atoms with Gasteiger partial charge in [0.1, 0.15) is 11.9 Å². The van der Waals surface area contributed by atoms with E-state index in [1.54, 1.807) is 18.5 Å². The van der Waals surface area contributed by atoms with Crippen molar-refractivity contribution in [2.45, 2.75) is 6.54 Å². The van der Waals surface area contributed by atoms with Gasteiger partial charge in [0.15, 0.2) is 5.82 Å². The van der Waals surface area contributed by atoms with Gasteiger partial charge in [-0.25, -0.2) is 9.97 Å². The molecule has 92 valence electrons. The number of rotatable bonds is 3. The fourth-order valence-corrected chi connectivity index (χ4v) is 1.70. The van der Waals surface area contributed by atoms with E-state index in [-0.39, 0.29) is 0 Å². The molecule has 0 saturated heterocycles. The van der Waals surface area contributed by atoms with Crippen LogP contribution < -0.4 is 10.6 Å². The van der Waals surface area contributed by atoms with Crippen molar-refractivity contribution in [3.05, 3.63) is 36.0 Å². The van der Waals surface area contributed by atoms with Gasteiger partial charge in [0.05, 0.1) is 17.8 Å². The number of nitrogen functional groups attached to an aromatic ring is 1. The summed E-state index contributed by atoms with van der Waals surface area (Å²) < 4.78 is 1.93. The Balaban J connectivity index is 2.27. The number of anilines is 2. The molecule has 0 bridgehead atoms. The number of imidazole rings is 1. The number of nitrogens with two attached hydrogens (primary N) is 1. The van der Waals surface area contributed by atoms with Gasteiger partial charge in [-0.3, -0.25) is 0 Å². The molecule has 6 nitrogen and oxygen atoms in total. The highest BCUT2D eigenvalue weighted by Crippen LogP contribution is 2.23. The minimum atomic E-state index is 0.400. The Hall–Kier alpha value is -2.55. The number of hydrogen-bond acceptors (Lipinski definition) is 5. The Morgan fingerprint density at radius 1 is 1.44 bits per heavy atom. The molecule has 0 aliphatic heterocycles. The predicted octanol–water partition coefficient (Wildman–Crippen LogP) is 0.905. The van der Waals surface area contributed by atoms with Crippen LogP contribution in [0.4, 0.5) is 11.5 Å². The van der Waals surface area contributed by atoms with E-state index < -0.39 is 0 Å². The lowest BCUT2D eigenvalue weighted by Crippen LogP contribution is -2.21. The van der Waals surface area contributed by atoms with Crippen molar-refractivity contribution in [1.29, 1.82) is 5.26 Å². The first-order chi connectivity index (χ1) is 8.63. The first-order valence-corrected chi connectivity index (χ1v) is 5.45. The smallest absolute Gasteiger partial charge is 0.153 e. The number of nitriles is 1. The zero-order valence-corrected chi connectivity index (χ0v) is 10.3. The monoisotopic (exact) mass is 242 g/mol. The molecule has 0 aliphatic rings. The van der Waals surface area contributed by atoms with Gasteiger partial charge in [-0.2, -0.15) is 5.26 Å². The maximum absolute atomic E-state index is 8.93. The number of pyridine rings is 1. The van der Waals surface area contributed by atoms with Crippen LogP contribution in [0.5, 0.6) is 0 Å². The van der Waals surface area contributed by atoms with Crippen molar-refractivity contribution in [2.75, 3.05) is 17.7 Å². The van der Waals surface area contributed by atoms with Crippen LogP contribution in [0.15, 0.2) is 24.7 Å². The Morgan fingerprint density at radius 3 is 2.83 bits per heavy atom. The third kappa shape index (κ3) is 2.11. The molecule has 0 radical (unpaired) electrons. The van der Waals surface area contributed by atoms with Gasteiger partial charge in [-0.05, 0) is 6.07 Å². The third-order valence-corrected chi connectivity index (χ3v) is 2.75. The van der Waals surface area contributed by atoms with Crippen molar-refractivity contribution in [2.24, 2.45) is 7.05 Å². The fourth-order valence-electron chi connectivity index (χ4n) is 1.70. The van der Waals surface area contributed by atoms with Crippen LogP contribution >= 0.6 is 0 Å². The highest BCUT2D eigenvalue weighted by atomic mass is 15.2. The average molecular weight is 242 g/mol. The number of nitrogens with zero attached hydrogens (tertiary/aromatic N) is 5. The first kappa shape index (κ1) is 11.9. The lowest BCUT2D eigenvalue weighted by molar-refractivity contribution is 0.756. The first-order valence-electron chi connectivity index (χ1n) is 5.45. The molecule has 2 aromatic heterocycles. The molecule has 0 aromatic carbocycles. The van der Waals surface area contributed by atoms with E-state index in [0.717, 1.165) is 5.82 Å². The molecule has 2 N–H and O–H groups in total. The third-order valence-electron chi connectivity index (χ3n) is 2.75. The molecule has 2 heterocycles. The molecule has 2 rings (SSSR count). The van der Waals surface area contributed by atoms with Crippen molar-refractivity contribution in [3.63, 3.8) is 0 Å². The van der Waals surface area contributed by atoms with E-state index in [1.807, 2.05) is 35.8 Å². The summed E-state index contributed by atoms with van der Waals surface area (Å²) >= 11 is 0. The second kappa shape index (κ2) is 4.75. The number of aryl methyl sites for hydroxylation is 1. The lowest BCUT2D eigenvalue weighted by Gasteiger charge is -2.19. The molecule has 0 fully saturated rings. The summed E-state index contributed by atoms with van der Waals surface area (Å²) in [5.41, 5.74) is 6.74. The summed E-state index contributed by atoms with van der Waals surface area (Å²) in [6.07, 6.45) is 5.20. The molecule has 0 unspecified atom stereocenters. The minimum Gasteiger partial charge on any atom is -0.395 e. The topological polar surface area (TPSA) is 83.8 Å². The minimum absolute atomic E-state index is 0.400. The van der Waals surface area contributed by atoms with E-state index in [0.29, 0.717) is 23.6 Å². The van der Waals surface area contributed by atoms with Gasteiger partial charge < -0.3 is 15.2 Å². The van der Waals surface area contributed by atoms with Gasteiger partial charge >= 0.3 is 0 Å². The van der Waals surface area contributed by atoms with E-state index >= 15 is 0 Å². The SMILES string of the molecule is CN(Cc1nccn1C)c1nccc(C#N)c1N. The van der Waals surface area contributed by atoms with Gasteiger partial charge in [-0.1, -0.05) is 0 Å². The number of aromatic nitrogens is 3. The summed E-state index contributed by atoms with van der Waals surface area (Å²) in [5.74, 6) is 1.50. The predicted molar refractivity (Wildman–Crippen MR) is 68.7 cm³/mol. The molecule has 0 aliphatic carbocycles. The van der Waals surface area contributed by atoms with Gasteiger partial charge in [0.2, 0.25) is 0 Å². The summed E-state index contributed by atoms with van der Waals surface area (Å²) in [6.45, 7) is 0.579. The van der Waals surface area contributed by atoms with E-state index in [9.17, 15) is 0 Å². The van der Waals surface area contributed by atoms with Crippen LogP contribution in [0.3, 0.4) is 0 Å². The maximum Gasteiger partial charge on any atom is 0.153 e. The van der Waals surface area contributed by atoms with Crippen molar-refractivity contribution < 1.29 is 0 Å². The Kier molecular flexibility index (Phi) is 3.15. The van der Waals surface area contributed by atoms with Crippen LogP contribution in [0.2, 0.25) is 0 Å². The molecule has 0 amide bonds. The average Bonchev–Trinajstić information content (AvgIpc) is 2.75. The molecule has 0 atom stereocenters. The zero-order valence-electron chi connectivity index (χ0n) is 10.3. The van der Waals surface area contributed by atoms with E-state index in [2.05, 4.69) is 9.97 Å². The molecular weight excluding hydrogens is 228 g/mol. The van der Waals surface area contributed by atoms with Crippen LogP contribution in [-0.4, -0.2) is 21.6 Å². The quantitative estimate of drug-likeness (QED) is 0.864. The van der Waals surface area contributed by atoms with Crippen molar-refractivity contribution in [1.82, 2.24) is 14.5 Å². The zero-order chi connectivity index (χ0) is 13.1. The molecule has 18 heavy (non-hydrogen) atoms. The fraction of sp³-hybridized carbons (Fsp3) is 0.250. The van der Waals surface area contributed by atoms with Crippen LogP contribution in [0.1, 0.15) is 11.4 Å². The molecular formula is C12H14N6. The van der Waals surface area contributed by atoms with Gasteiger partial charge in [0, 0.05) is 32.7 Å². The summed E-state index contributed by atoms with van der Waals surface area (Å²) in [4.78, 5) is 10.3. The van der Waals surface area contributed by atoms with Crippen molar-refractivity contribution >= 4 is 11.5 Å². The Bertz CT molecular complexity index is 595. The standard InChI is InChI=1S/C12H14N6/c1-17-6-5-15-10(17)8-18(2)12-11(14)9(7-13)3-4-16-12/h3-6H,8,14H2,1-2H3. The maximum atomic E-state index is 8.93.